The first kappa shape index (κ1) is 24.8. The summed E-state index contributed by atoms with van der Waals surface area (Å²) in [6.45, 7) is 3.67. The molecule has 0 bridgehead atoms. The van der Waals surface area contributed by atoms with Gasteiger partial charge in [0.1, 0.15) is 17.4 Å². The van der Waals surface area contributed by atoms with E-state index >= 15 is 0 Å². The lowest BCUT2D eigenvalue weighted by Gasteiger charge is -2.12. The summed E-state index contributed by atoms with van der Waals surface area (Å²) in [5.41, 5.74) is 3.72. The largest absolute Gasteiger partial charge is 0.482 e. The molecular formula is C26H21Cl2N3O3. The molecule has 8 heteroatoms. The van der Waals surface area contributed by atoms with Crippen LogP contribution in [0.2, 0.25) is 10.0 Å². The fourth-order valence-electron chi connectivity index (χ4n) is 2.99. The van der Waals surface area contributed by atoms with Crippen LogP contribution in [0.15, 0.2) is 66.2 Å². The van der Waals surface area contributed by atoms with Gasteiger partial charge >= 0.3 is 0 Å². The number of carbonyl (C=O) groups excluding carboxylic acids is 2. The topological polar surface area (TPSA) is 91.2 Å². The lowest BCUT2D eigenvalue weighted by molar-refractivity contribution is -0.118. The number of hydrogen-bond donors (Lipinski definition) is 2. The lowest BCUT2D eigenvalue weighted by Crippen LogP contribution is -2.20. The molecule has 34 heavy (non-hydrogen) atoms. The second-order valence-corrected chi connectivity index (χ2v) is 8.25. The van der Waals surface area contributed by atoms with Gasteiger partial charge in [0.05, 0.1) is 5.02 Å². The molecule has 3 rings (SSSR count). The molecule has 3 aromatic carbocycles. The van der Waals surface area contributed by atoms with Crippen molar-refractivity contribution in [2.75, 3.05) is 17.2 Å². The van der Waals surface area contributed by atoms with Gasteiger partial charge in [-0.25, -0.2) is 0 Å². The predicted molar refractivity (Wildman–Crippen MR) is 135 cm³/mol. The molecule has 0 saturated carbocycles. The minimum absolute atomic E-state index is 0.104. The van der Waals surface area contributed by atoms with E-state index in [4.69, 9.17) is 27.9 Å². The predicted octanol–water partition coefficient (Wildman–Crippen LogP) is 6.17. The molecule has 0 atom stereocenters. The lowest BCUT2D eigenvalue weighted by atomic mass is 10.1. The summed E-state index contributed by atoms with van der Waals surface area (Å²) in [5, 5.41) is 15.6. The van der Waals surface area contributed by atoms with Gasteiger partial charge in [-0.15, -0.1) is 0 Å². The zero-order valence-electron chi connectivity index (χ0n) is 18.5. The molecule has 2 amide bonds. The number of anilines is 2. The van der Waals surface area contributed by atoms with Crippen LogP contribution >= 0.6 is 23.2 Å². The van der Waals surface area contributed by atoms with Gasteiger partial charge in [0, 0.05) is 16.4 Å². The molecule has 0 aromatic heterocycles. The Morgan fingerprint density at radius 2 is 1.76 bits per heavy atom. The van der Waals surface area contributed by atoms with Crippen LogP contribution in [-0.4, -0.2) is 18.4 Å². The van der Waals surface area contributed by atoms with E-state index in [1.807, 2.05) is 38.1 Å². The number of hydrogen-bond acceptors (Lipinski definition) is 4. The number of aryl methyl sites for hydroxylation is 1. The van der Waals surface area contributed by atoms with E-state index in [9.17, 15) is 14.9 Å². The minimum Gasteiger partial charge on any atom is -0.482 e. The standard InChI is InChI=1S/C26H21Cl2N3O3/c1-16-4-3-5-23(17(16)2)31-25(32)15-34-24-11-6-18(13-22(24)28)12-19(14-29)26(33)30-21-9-7-20(27)8-10-21/h3-13H,15H2,1-2H3,(H,30,33)(H,31,32)/b19-12-. The van der Waals surface area contributed by atoms with Crippen molar-refractivity contribution in [3.8, 4) is 11.8 Å². The average Bonchev–Trinajstić information content (AvgIpc) is 2.81. The van der Waals surface area contributed by atoms with Crippen molar-refractivity contribution in [2.24, 2.45) is 0 Å². The highest BCUT2D eigenvalue weighted by molar-refractivity contribution is 6.32. The van der Waals surface area contributed by atoms with E-state index in [1.54, 1.807) is 42.5 Å². The normalized spacial score (nSPS) is 10.9. The van der Waals surface area contributed by atoms with Crippen LogP contribution in [0.25, 0.3) is 6.08 Å². The van der Waals surface area contributed by atoms with E-state index < -0.39 is 5.91 Å². The molecule has 0 unspecified atom stereocenters. The molecule has 0 radical (unpaired) electrons. The number of amides is 2. The van der Waals surface area contributed by atoms with Crippen LogP contribution < -0.4 is 15.4 Å². The summed E-state index contributed by atoms with van der Waals surface area (Å²) in [4.78, 5) is 24.7. The van der Waals surface area contributed by atoms with Crippen LogP contribution in [0.5, 0.6) is 5.75 Å². The van der Waals surface area contributed by atoms with Crippen molar-refractivity contribution in [3.05, 3.63) is 93.0 Å². The Morgan fingerprint density at radius 3 is 2.44 bits per heavy atom. The van der Waals surface area contributed by atoms with Crippen molar-refractivity contribution >= 4 is 52.5 Å². The molecule has 2 N–H and O–H groups in total. The van der Waals surface area contributed by atoms with E-state index in [-0.39, 0.29) is 23.1 Å². The van der Waals surface area contributed by atoms with Gasteiger partial charge in [0.25, 0.3) is 11.8 Å². The Kier molecular flexibility index (Phi) is 8.31. The number of halogens is 2. The molecular weight excluding hydrogens is 473 g/mol. The highest BCUT2D eigenvalue weighted by Gasteiger charge is 2.12. The average molecular weight is 494 g/mol. The van der Waals surface area contributed by atoms with Crippen molar-refractivity contribution in [2.45, 2.75) is 13.8 Å². The Bertz CT molecular complexity index is 1300. The molecule has 0 aliphatic rings. The van der Waals surface area contributed by atoms with Gasteiger partial charge in [-0.1, -0.05) is 41.4 Å². The molecule has 0 aliphatic carbocycles. The first-order valence-electron chi connectivity index (χ1n) is 10.2. The van der Waals surface area contributed by atoms with Gasteiger partial charge < -0.3 is 15.4 Å². The van der Waals surface area contributed by atoms with Crippen molar-refractivity contribution in [1.82, 2.24) is 0 Å². The molecule has 0 heterocycles. The maximum Gasteiger partial charge on any atom is 0.266 e. The second kappa shape index (κ2) is 11.4. The van der Waals surface area contributed by atoms with Crippen molar-refractivity contribution < 1.29 is 14.3 Å². The summed E-state index contributed by atoms with van der Waals surface area (Å²) >= 11 is 12.1. The van der Waals surface area contributed by atoms with Crippen LogP contribution in [0.4, 0.5) is 11.4 Å². The van der Waals surface area contributed by atoms with Gasteiger partial charge in [-0.05, 0) is 79.1 Å². The van der Waals surface area contributed by atoms with E-state index in [0.29, 0.717) is 22.0 Å². The number of nitrogens with zero attached hydrogens (tertiary/aromatic N) is 1. The molecule has 0 saturated heterocycles. The minimum atomic E-state index is -0.565. The SMILES string of the molecule is Cc1cccc(NC(=O)COc2ccc(/C=C(/C#N)C(=O)Nc3ccc(Cl)cc3)cc2Cl)c1C. The fraction of sp³-hybridized carbons (Fsp3) is 0.115. The fourth-order valence-corrected chi connectivity index (χ4v) is 3.36. The number of ether oxygens (including phenoxy) is 1. The van der Waals surface area contributed by atoms with Crippen LogP contribution in [0.3, 0.4) is 0 Å². The Balaban J connectivity index is 1.64. The number of rotatable bonds is 7. The Morgan fingerprint density at radius 1 is 1.03 bits per heavy atom. The molecule has 0 aliphatic heterocycles. The van der Waals surface area contributed by atoms with Crippen LogP contribution in [0, 0.1) is 25.2 Å². The van der Waals surface area contributed by atoms with Gasteiger partial charge in [0.2, 0.25) is 0 Å². The van der Waals surface area contributed by atoms with Gasteiger partial charge in [-0.2, -0.15) is 5.26 Å². The maximum atomic E-state index is 12.4. The zero-order valence-corrected chi connectivity index (χ0v) is 20.0. The molecule has 3 aromatic rings. The molecule has 6 nitrogen and oxygen atoms in total. The van der Waals surface area contributed by atoms with Crippen LogP contribution in [0.1, 0.15) is 16.7 Å². The first-order chi connectivity index (χ1) is 16.3. The van der Waals surface area contributed by atoms with E-state index in [0.717, 1.165) is 16.8 Å². The van der Waals surface area contributed by atoms with Gasteiger partial charge in [-0.3, -0.25) is 9.59 Å². The molecule has 0 fully saturated rings. The second-order valence-electron chi connectivity index (χ2n) is 7.41. The van der Waals surface area contributed by atoms with Crippen LogP contribution in [-0.2, 0) is 9.59 Å². The van der Waals surface area contributed by atoms with Crippen molar-refractivity contribution in [3.63, 3.8) is 0 Å². The smallest absolute Gasteiger partial charge is 0.266 e. The van der Waals surface area contributed by atoms with Crippen molar-refractivity contribution in [1.29, 1.82) is 5.26 Å². The number of nitriles is 1. The quantitative estimate of drug-likeness (QED) is 0.304. The number of benzene rings is 3. The molecule has 172 valence electrons. The summed E-state index contributed by atoms with van der Waals surface area (Å²) < 4.78 is 5.54. The third-order valence-corrected chi connectivity index (χ3v) is 5.52. The monoisotopic (exact) mass is 493 g/mol. The highest BCUT2D eigenvalue weighted by Crippen LogP contribution is 2.27. The number of nitrogens with one attached hydrogen (secondary N) is 2. The third-order valence-electron chi connectivity index (χ3n) is 4.97. The Labute approximate surface area is 207 Å². The summed E-state index contributed by atoms with van der Waals surface area (Å²) in [7, 11) is 0. The summed E-state index contributed by atoms with van der Waals surface area (Å²) in [6, 6.07) is 18.8. The Hall–Kier alpha value is -3.79. The summed E-state index contributed by atoms with van der Waals surface area (Å²) in [5.74, 6) is -0.581. The third kappa shape index (κ3) is 6.61. The molecule has 0 spiro atoms. The van der Waals surface area contributed by atoms with Gasteiger partial charge in [0.15, 0.2) is 6.61 Å². The highest BCUT2D eigenvalue weighted by atomic mass is 35.5. The van der Waals surface area contributed by atoms with E-state index in [2.05, 4.69) is 10.6 Å². The maximum absolute atomic E-state index is 12.4. The summed E-state index contributed by atoms with van der Waals surface area (Å²) in [6.07, 6.45) is 1.41. The van der Waals surface area contributed by atoms with E-state index in [1.165, 1.54) is 6.08 Å². The number of carbonyl (C=O) groups is 2. The first-order valence-corrected chi connectivity index (χ1v) is 11.0. The zero-order chi connectivity index (χ0) is 24.7.